The van der Waals surface area contributed by atoms with Crippen LogP contribution in [0.3, 0.4) is 0 Å². The molecule has 0 aromatic heterocycles. The molecule has 5 heteroatoms. The highest BCUT2D eigenvalue weighted by Gasteiger charge is 2.09. The minimum absolute atomic E-state index is 0.0384. The van der Waals surface area contributed by atoms with Crippen molar-refractivity contribution in [2.24, 2.45) is 0 Å². The van der Waals surface area contributed by atoms with Crippen LogP contribution in [-0.4, -0.2) is 17.1 Å². The molecule has 0 aliphatic carbocycles. The lowest BCUT2D eigenvalue weighted by Gasteiger charge is -2.11. The number of rotatable bonds is 4. The fourth-order valence-corrected chi connectivity index (χ4v) is 1.89. The highest BCUT2D eigenvalue weighted by Crippen LogP contribution is 2.26. The molecule has 0 heterocycles. The van der Waals surface area contributed by atoms with Crippen LogP contribution in [0, 0.1) is 0 Å². The Balaban J connectivity index is 2.14. The molecule has 4 nitrogen and oxygen atoms in total. The number of carbonyl (C=O) groups excluding carboxylic acids is 1. The summed E-state index contributed by atoms with van der Waals surface area (Å²) in [6, 6.07) is 11.5. The van der Waals surface area contributed by atoms with Crippen molar-refractivity contribution in [1.29, 1.82) is 0 Å². The number of aromatic hydroxyl groups is 1. The molecule has 2 rings (SSSR count). The molecule has 0 bridgehead atoms. The second kappa shape index (κ2) is 6.50. The molecule has 0 unspecified atom stereocenters. The van der Waals surface area contributed by atoms with Crippen molar-refractivity contribution in [3.8, 4) is 11.5 Å². The predicted octanol–water partition coefficient (Wildman–Crippen LogP) is 4.09. The van der Waals surface area contributed by atoms with Gasteiger partial charge in [-0.3, -0.25) is 4.79 Å². The number of ether oxygens (including phenoxy) is 1. The molecule has 0 atom stereocenters. The topological polar surface area (TPSA) is 58.6 Å². The SMILES string of the molecule is CC(C)Oc1cccc(C(=O)Nc2ccc(Cl)c(O)c2)c1. The van der Waals surface area contributed by atoms with Crippen molar-refractivity contribution >= 4 is 23.2 Å². The first-order valence-corrected chi connectivity index (χ1v) is 6.90. The predicted molar refractivity (Wildman–Crippen MR) is 83.3 cm³/mol. The Bertz CT molecular complexity index is 656. The first-order chi connectivity index (χ1) is 9.95. The summed E-state index contributed by atoms with van der Waals surface area (Å²) in [5.74, 6) is 0.272. The third-order valence-electron chi connectivity index (χ3n) is 2.67. The van der Waals surface area contributed by atoms with Gasteiger partial charge in [-0.15, -0.1) is 0 Å². The average molecular weight is 306 g/mol. The number of anilines is 1. The second-order valence-corrected chi connectivity index (χ2v) is 5.22. The zero-order chi connectivity index (χ0) is 15.4. The van der Waals surface area contributed by atoms with Crippen molar-refractivity contribution in [2.45, 2.75) is 20.0 Å². The standard InChI is InChI=1S/C16H16ClNO3/c1-10(2)21-13-5-3-4-11(8-13)16(20)18-12-6-7-14(17)15(19)9-12/h3-10,19H,1-2H3,(H,18,20). The monoisotopic (exact) mass is 305 g/mol. The summed E-state index contributed by atoms with van der Waals surface area (Å²) in [6.45, 7) is 3.84. The quantitative estimate of drug-likeness (QED) is 0.894. The van der Waals surface area contributed by atoms with Crippen LogP contribution in [0.15, 0.2) is 42.5 Å². The second-order valence-electron chi connectivity index (χ2n) is 4.81. The molecule has 0 fully saturated rings. The number of amides is 1. The Morgan fingerprint density at radius 3 is 2.67 bits per heavy atom. The minimum atomic E-state index is -0.286. The van der Waals surface area contributed by atoms with E-state index < -0.39 is 0 Å². The van der Waals surface area contributed by atoms with Gasteiger partial charge in [0.1, 0.15) is 11.5 Å². The molecule has 0 spiro atoms. The molecule has 0 aliphatic rings. The fraction of sp³-hybridized carbons (Fsp3) is 0.188. The molecular weight excluding hydrogens is 290 g/mol. The first-order valence-electron chi connectivity index (χ1n) is 6.52. The van der Waals surface area contributed by atoms with Gasteiger partial charge >= 0.3 is 0 Å². The first kappa shape index (κ1) is 15.2. The van der Waals surface area contributed by atoms with Crippen LogP contribution in [0.25, 0.3) is 0 Å². The van der Waals surface area contributed by atoms with Crippen LogP contribution in [0.5, 0.6) is 11.5 Å². The molecule has 2 aromatic rings. The third kappa shape index (κ3) is 4.13. The van der Waals surface area contributed by atoms with E-state index >= 15 is 0 Å². The van der Waals surface area contributed by atoms with Crippen LogP contribution in [0.2, 0.25) is 5.02 Å². The van der Waals surface area contributed by atoms with Gasteiger partial charge < -0.3 is 15.2 Å². The van der Waals surface area contributed by atoms with E-state index in [1.165, 1.54) is 12.1 Å². The number of nitrogens with one attached hydrogen (secondary N) is 1. The number of hydrogen-bond acceptors (Lipinski definition) is 3. The fourth-order valence-electron chi connectivity index (χ4n) is 1.78. The molecule has 110 valence electrons. The number of phenols is 1. The van der Waals surface area contributed by atoms with Crippen LogP contribution in [-0.2, 0) is 0 Å². The van der Waals surface area contributed by atoms with Gasteiger partial charge in [-0.05, 0) is 44.2 Å². The lowest BCUT2D eigenvalue weighted by molar-refractivity contribution is 0.102. The minimum Gasteiger partial charge on any atom is -0.506 e. The maximum atomic E-state index is 12.2. The van der Waals surface area contributed by atoms with Crippen molar-refractivity contribution in [3.63, 3.8) is 0 Å². The summed E-state index contributed by atoms with van der Waals surface area (Å²) in [4.78, 5) is 12.2. The van der Waals surface area contributed by atoms with Crippen molar-refractivity contribution in [2.75, 3.05) is 5.32 Å². The van der Waals surface area contributed by atoms with Crippen LogP contribution in [0.4, 0.5) is 5.69 Å². The maximum Gasteiger partial charge on any atom is 0.255 e. The van der Waals surface area contributed by atoms with E-state index in [1.54, 1.807) is 30.3 Å². The van der Waals surface area contributed by atoms with Gasteiger partial charge in [-0.2, -0.15) is 0 Å². The third-order valence-corrected chi connectivity index (χ3v) is 2.99. The molecule has 0 saturated heterocycles. The van der Waals surface area contributed by atoms with E-state index in [0.717, 1.165) is 0 Å². The zero-order valence-corrected chi connectivity index (χ0v) is 12.5. The van der Waals surface area contributed by atoms with Crippen molar-refractivity contribution in [3.05, 3.63) is 53.1 Å². The summed E-state index contributed by atoms with van der Waals surface area (Å²) in [6.07, 6.45) is 0.0384. The molecule has 1 amide bonds. The molecule has 2 N–H and O–H groups in total. The lowest BCUT2D eigenvalue weighted by Crippen LogP contribution is -2.12. The smallest absolute Gasteiger partial charge is 0.255 e. The van der Waals surface area contributed by atoms with Crippen LogP contribution < -0.4 is 10.1 Å². The molecule has 0 aliphatic heterocycles. The van der Waals surface area contributed by atoms with Gasteiger partial charge in [0.15, 0.2) is 0 Å². The van der Waals surface area contributed by atoms with E-state index in [4.69, 9.17) is 16.3 Å². The Morgan fingerprint density at radius 2 is 2.00 bits per heavy atom. The van der Waals surface area contributed by atoms with Crippen molar-refractivity contribution < 1.29 is 14.6 Å². The Kier molecular flexibility index (Phi) is 4.70. The van der Waals surface area contributed by atoms with E-state index in [9.17, 15) is 9.90 Å². The molecule has 2 aromatic carbocycles. The molecule has 21 heavy (non-hydrogen) atoms. The number of carbonyl (C=O) groups is 1. The number of phenolic OH excluding ortho intramolecular Hbond substituents is 1. The Hall–Kier alpha value is -2.20. The number of benzene rings is 2. The largest absolute Gasteiger partial charge is 0.506 e. The van der Waals surface area contributed by atoms with Gasteiger partial charge in [0.25, 0.3) is 5.91 Å². The summed E-state index contributed by atoms with van der Waals surface area (Å²) in [5.41, 5.74) is 0.944. The van der Waals surface area contributed by atoms with Crippen LogP contribution in [0.1, 0.15) is 24.2 Å². The molecule has 0 radical (unpaired) electrons. The van der Waals surface area contributed by atoms with E-state index in [0.29, 0.717) is 17.0 Å². The van der Waals surface area contributed by atoms with Crippen molar-refractivity contribution in [1.82, 2.24) is 0 Å². The van der Waals surface area contributed by atoms with E-state index in [1.807, 2.05) is 13.8 Å². The summed E-state index contributed by atoms with van der Waals surface area (Å²) in [7, 11) is 0. The van der Waals surface area contributed by atoms with Gasteiger partial charge in [0, 0.05) is 17.3 Å². The molecular formula is C16H16ClNO3. The zero-order valence-electron chi connectivity index (χ0n) is 11.8. The molecule has 0 saturated carbocycles. The summed E-state index contributed by atoms with van der Waals surface area (Å²) in [5, 5.41) is 12.5. The summed E-state index contributed by atoms with van der Waals surface area (Å²) < 4.78 is 5.55. The number of halogens is 1. The number of hydrogen-bond donors (Lipinski definition) is 2. The van der Waals surface area contributed by atoms with Gasteiger partial charge in [0.05, 0.1) is 11.1 Å². The van der Waals surface area contributed by atoms with Gasteiger partial charge in [-0.25, -0.2) is 0 Å². The highest BCUT2D eigenvalue weighted by molar-refractivity contribution is 6.32. The van der Waals surface area contributed by atoms with Gasteiger partial charge in [-0.1, -0.05) is 17.7 Å². The lowest BCUT2D eigenvalue weighted by atomic mass is 10.2. The Labute approximate surface area is 128 Å². The van der Waals surface area contributed by atoms with Gasteiger partial charge in [0.2, 0.25) is 0 Å². The summed E-state index contributed by atoms with van der Waals surface area (Å²) >= 11 is 5.72. The van der Waals surface area contributed by atoms with E-state index in [-0.39, 0.29) is 22.8 Å². The normalized spacial score (nSPS) is 10.5. The average Bonchev–Trinajstić information content (AvgIpc) is 2.42. The highest BCUT2D eigenvalue weighted by atomic mass is 35.5. The van der Waals surface area contributed by atoms with E-state index in [2.05, 4.69) is 5.32 Å². The maximum absolute atomic E-state index is 12.2. The Morgan fingerprint density at radius 1 is 1.24 bits per heavy atom. The van der Waals surface area contributed by atoms with Crippen LogP contribution >= 0.6 is 11.6 Å².